The number of hydrogen-bond acceptors (Lipinski definition) is 5. The fraction of sp³-hybridized carbons (Fsp3) is 0.182. The van der Waals surface area contributed by atoms with Crippen molar-refractivity contribution in [1.29, 1.82) is 0 Å². The van der Waals surface area contributed by atoms with Gasteiger partial charge in [0.1, 0.15) is 5.82 Å². The third-order valence-electron chi connectivity index (χ3n) is 2.12. The fourth-order valence-corrected chi connectivity index (χ4v) is 1.67. The largest absolute Gasteiger partial charge is 0.354 e. The summed E-state index contributed by atoms with van der Waals surface area (Å²) >= 11 is 11.4. The van der Waals surface area contributed by atoms with Crippen molar-refractivity contribution in [1.82, 2.24) is 15.0 Å². The molecule has 0 aliphatic rings. The topological polar surface area (TPSA) is 62.7 Å². The molecule has 1 aromatic carbocycles. The van der Waals surface area contributed by atoms with Gasteiger partial charge in [0.15, 0.2) is 0 Å². The van der Waals surface area contributed by atoms with Crippen LogP contribution in [0, 0.1) is 5.82 Å². The Labute approximate surface area is 119 Å². The smallest absolute Gasteiger partial charge is 0.233 e. The number of aromatic nitrogens is 3. The van der Waals surface area contributed by atoms with Crippen molar-refractivity contribution in [3.05, 3.63) is 34.3 Å². The lowest BCUT2D eigenvalue weighted by Gasteiger charge is -2.08. The Morgan fingerprint density at radius 2 is 1.89 bits per heavy atom. The number of benzene rings is 1. The summed E-state index contributed by atoms with van der Waals surface area (Å²) in [5.41, 5.74) is 0.203. The van der Waals surface area contributed by atoms with Gasteiger partial charge in [-0.2, -0.15) is 15.0 Å². The van der Waals surface area contributed by atoms with Crippen LogP contribution < -0.4 is 10.6 Å². The van der Waals surface area contributed by atoms with Crippen LogP contribution in [0.4, 0.5) is 22.0 Å². The first-order valence-corrected chi connectivity index (χ1v) is 6.21. The molecule has 100 valence electrons. The fourth-order valence-electron chi connectivity index (χ4n) is 1.35. The highest BCUT2D eigenvalue weighted by Gasteiger charge is 2.08. The average molecular weight is 302 g/mol. The standard InChI is InChI=1S/C11H10Cl2FN5/c1-2-15-10-17-9(13)18-11(19-10)16-8-4-3-6(12)5-7(8)14/h3-5H,2H2,1H3,(H2,15,16,17,18,19). The Balaban J connectivity index is 2.27. The molecule has 0 aliphatic heterocycles. The van der Waals surface area contributed by atoms with Crippen molar-refractivity contribution in [2.75, 3.05) is 17.2 Å². The summed E-state index contributed by atoms with van der Waals surface area (Å²) in [6, 6.07) is 4.24. The van der Waals surface area contributed by atoms with E-state index in [1.165, 1.54) is 12.1 Å². The molecule has 1 heterocycles. The Morgan fingerprint density at radius 3 is 2.58 bits per heavy atom. The highest BCUT2D eigenvalue weighted by atomic mass is 35.5. The van der Waals surface area contributed by atoms with Gasteiger partial charge in [0.05, 0.1) is 5.69 Å². The number of halogens is 3. The molecule has 5 nitrogen and oxygen atoms in total. The van der Waals surface area contributed by atoms with E-state index >= 15 is 0 Å². The van der Waals surface area contributed by atoms with E-state index in [1.807, 2.05) is 6.92 Å². The van der Waals surface area contributed by atoms with E-state index in [0.717, 1.165) is 0 Å². The first-order chi connectivity index (χ1) is 9.08. The lowest BCUT2D eigenvalue weighted by atomic mass is 10.3. The Kier molecular flexibility index (Phi) is 4.34. The molecule has 0 radical (unpaired) electrons. The van der Waals surface area contributed by atoms with Gasteiger partial charge in [-0.1, -0.05) is 11.6 Å². The average Bonchev–Trinajstić information content (AvgIpc) is 2.32. The third-order valence-corrected chi connectivity index (χ3v) is 2.52. The maximum Gasteiger partial charge on any atom is 0.233 e. The van der Waals surface area contributed by atoms with E-state index < -0.39 is 5.82 Å². The van der Waals surface area contributed by atoms with Crippen molar-refractivity contribution >= 4 is 40.8 Å². The SMILES string of the molecule is CCNc1nc(Cl)nc(Nc2ccc(Cl)cc2F)n1. The van der Waals surface area contributed by atoms with Crippen LogP contribution in [0.1, 0.15) is 6.92 Å². The van der Waals surface area contributed by atoms with Gasteiger partial charge in [-0.25, -0.2) is 4.39 Å². The van der Waals surface area contributed by atoms with Crippen LogP contribution in [0.3, 0.4) is 0 Å². The van der Waals surface area contributed by atoms with Crippen LogP contribution in [-0.4, -0.2) is 21.5 Å². The van der Waals surface area contributed by atoms with Crippen LogP contribution in [0.25, 0.3) is 0 Å². The summed E-state index contributed by atoms with van der Waals surface area (Å²) in [7, 11) is 0. The normalized spacial score (nSPS) is 10.3. The molecule has 0 saturated carbocycles. The number of anilines is 3. The minimum absolute atomic E-state index is 0.0165. The molecule has 1 aromatic heterocycles. The van der Waals surface area contributed by atoms with Gasteiger partial charge in [0, 0.05) is 11.6 Å². The lowest BCUT2D eigenvalue weighted by molar-refractivity contribution is 0.631. The second kappa shape index (κ2) is 5.99. The van der Waals surface area contributed by atoms with Crippen LogP contribution >= 0.6 is 23.2 Å². The minimum atomic E-state index is -0.506. The second-order valence-corrected chi connectivity index (χ2v) is 4.31. The Hall–Kier alpha value is -1.66. The second-order valence-electron chi connectivity index (χ2n) is 3.53. The number of hydrogen-bond donors (Lipinski definition) is 2. The van der Waals surface area contributed by atoms with Crippen molar-refractivity contribution in [2.45, 2.75) is 6.92 Å². The van der Waals surface area contributed by atoms with Gasteiger partial charge in [0.2, 0.25) is 17.2 Å². The maximum atomic E-state index is 13.6. The van der Waals surface area contributed by atoms with Gasteiger partial charge >= 0.3 is 0 Å². The lowest BCUT2D eigenvalue weighted by Crippen LogP contribution is -2.07. The van der Waals surface area contributed by atoms with E-state index in [0.29, 0.717) is 17.5 Å². The molecule has 0 spiro atoms. The zero-order chi connectivity index (χ0) is 13.8. The van der Waals surface area contributed by atoms with Gasteiger partial charge in [0.25, 0.3) is 0 Å². The zero-order valence-corrected chi connectivity index (χ0v) is 11.4. The van der Waals surface area contributed by atoms with E-state index in [-0.39, 0.29) is 16.9 Å². The molecule has 2 aromatic rings. The summed E-state index contributed by atoms with van der Waals surface area (Å²) in [6.45, 7) is 2.53. The molecule has 19 heavy (non-hydrogen) atoms. The molecule has 0 unspecified atom stereocenters. The molecular formula is C11H10Cl2FN5. The minimum Gasteiger partial charge on any atom is -0.354 e. The van der Waals surface area contributed by atoms with Crippen LogP contribution in [0.5, 0.6) is 0 Å². The molecule has 0 fully saturated rings. The van der Waals surface area contributed by atoms with Crippen LogP contribution in [-0.2, 0) is 0 Å². The molecule has 0 aliphatic carbocycles. The predicted octanol–water partition coefficient (Wildman–Crippen LogP) is 3.49. The summed E-state index contributed by atoms with van der Waals surface area (Å²) in [5, 5.41) is 5.94. The van der Waals surface area contributed by atoms with E-state index in [2.05, 4.69) is 25.6 Å². The first-order valence-electron chi connectivity index (χ1n) is 5.46. The molecular weight excluding hydrogens is 292 g/mol. The van der Waals surface area contributed by atoms with Gasteiger partial charge in [-0.05, 0) is 36.7 Å². The van der Waals surface area contributed by atoms with Crippen molar-refractivity contribution in [3.8, 4) is 0 Å². The zero-order valence-electron chi connectivity index (χ0n) is 9.91. The van der Waals surface area contributed by atoms with Gasteiger partial charge in [-0.15, -0.1) is 0 Å². The monoisotopic (exact) mass is 301 g/mol. The molecule has 0 amide bonds. The Morgan fingerprint density at radius 1 is 1.16 bits per heavy atom. The highest BCUT2D eigenvalue weighted by molar-refractivity contribution is 6.30. The van der Waals surface area contributed by atoms with E-state index in [4.69, 9.17) is 23.2 Å². The maximum absolute atomic E-state index is 13.6. The molecule has 2 rings (SSSR count). The van der Waals surface area contributed by atoms with Crippen molar-refractivity contribution in [3.63, 3.8) is 0 Å². The molecule has 0 saturated heterocycles. The quantitative estimate of drug-likeness (QED) is 0.905. The number of nitrogens with one attached hydrogen (secondary N) is 2. The summed E-state index contributed by atoms with van der Waals surface area (Å²) in [6.07, 6.45) is 0. The van der Waals surface area contributed by atoms with Crippen molar-refractivity contribution in [2.24, 2.45) is 0 Å². The summed E-state index contributed by atoms with van der Waals surface area (Å²) < 4.78 is 13.6. The number of rotatable bonds is 4. The molecule has 8 heteroatoms. The Bertz CT molecular complexity index is 593. The third kappa shape index (κ3) is 3.65. The highest BCUT2D eigenvalue weighted by Crippen LogP contribution is 2.22. The van der Waals surface area contributed by atoms with Gasteiger partial charge < -0.3 is 10.6 Å². The first kappa shape index (κ1) is 13.8. The molecule has 2 N–H and O–H groups in total. The van der Waals surface area contributed by atoms with E-state index in [9.17, 15) is 4.39 Å². The van der Waals surface area contributed by atoms with Crippen molar-refractivity contribution < 1.29 is 4.39 Å². The predicted molar refractivity (Wildman–Crippen MR) is 73.7 cm³/mol. The summed E-state index contributed by atoms with van der Waals surface area (Å²) in [5.74, 6) is -0.0365. The summed E-state index contributed by atoms with van der Waals surface area (Å²) in [4.78, 5) is 11.8. The van der Waals surface area contributed by atoms with E-state index in [1.54, 1.807) is 6.07 Å². The van der Waals surface area contributed by atoms with Crippen LogP contribution in [0.15, 0.2) is 18.2 Å². The van der Waals surface area contributed by atoms with Crippen LogP contribution in [0.2, 0.25) is 10.3 Å². The molecule has 0 bridgehead atoms. The number of nitrogens with zero attached hydrogens (tertiary/aromatic N) is 3. The van der Waals surface area contributed by atoms with Gasteiger partial charge in [-0.3, -0.25) is 0 Å². The molecule has 0 atom stereocenters.